The summed E-state index contributed by atoms with van der Waals surface area (Å²) in [6.07, 6.45) is 3.52. The van der Waals surface area contributed by atoms with Crippen LogP contribution in [0.25, 0.3) is 44.5 Å². The summed E-state index contributed by atoms with van der Waals surface area (Å²) in [5.74, 6) is 0. The molecule has 0 amide bonds. The van der Waals surface area contributed by atoms with Crippen molar-refractivity contribution in [1.29, 1.82) is 10.8 Å². The fourth-order valence-electron chi connectivity index (χ4n) is 5.77. The third-order valence-corrected chi connectivity index (χ3v) is 7.21. The van der Waals surface area contributed by atoms with E-state index in [4.69, 9.17) is 20.4 Å². The van der Waals surface area contributed by atoms with Crippen LogP contribution in [-0.2, 0) is 22.4 Å². The number of rotatable bonds is 2. The van der Waals surface area contributed by atoms with Gasteiger partial charge in [-0.1, -0.05) is 109 Å². The molecule has 2 N–H and O–H groups in total. The Morgan fingerprint density at radius 3 is 1.03 bits per heavy atom. The molecule has 0 spiro atoms. The van der Waals surface area contributed by atoms with Crippen LogP contribution < -0.4 is 0 Å². The van der Waals surface area contributed by atoms with Gasteiger partial charge >= 0.3 is 0 Å². The zero-order valence-electron chi connectivity index (χ0n) is 20.6. The van der Waals surface area contributed by atoms with E-state index in [0.717, 1.165) is 25.0 Å². The molecule has 5 aromatic rings. The molecule has 0 aliphatic heterocycles. The summed E-state index contributed by atoms with van der Waals surface area (Å²) in [6, 6.07) is 40.3. The van der Waals surface area contributed by atoms with E-state index in [1.165, 1.54) is 66.8 Å². The number of isocyanates is 2. The molecular formula is C34H24N2O2. The van der Waals surface area contributed by atoms with Gasteiger partial charge in [0.05, 0.1) is 0 Å². The molecule has 7 rings (SSSR count). The van der Waals surface area contributed by atoms with Gasteiger partial charge in [-0.15, -0.1) is 0 Å². The largest absolute Gasteiger partial charge is 0.231 e. The van der Waals surface area contributed by atoms with E-state index in [2.05, 4.69) is 109 Å². The molecule has 0 atom stereocenters. The van der Waals surface area contributed by atoms with E-state index in [0.29, 0.717) is 0 Å². The number of carbonyl (C=O) groups excluding carboxylic acids is 2. The van der Waals surface area contributed by atoms with Gasteiger partial charge in [-0.25, -0.2) is 20.4 Å². The van der Waals surface area contributed by atoms with Crippen molar-refractivity contribution < 1.29 is 9.59 Å². The topological polar surface area (TPSA) is 81.8 Å². The van der Waals surface area contributed by atoms with Crippen molar-refractivity contribution in [3.05, 3.63) is 131 Å². The minimum Gasteiger partial charge on any atom is -0.222 e. The average molecular weight is 493 g/mol. The molecule has 0 unspecified atom stereocenters. The van der Waals surface area contributed by atoms with Gasteiger partial charge in [-0.3, -0.25) is 0 Å². The standard InChI is InChI=1S/C32H22.2CHNO/c1-3-11-23-21(9-1)19-31-25(23)15-7-17-29(31)27-13-5-6-14-28(27)30-18-8-16-26-24-12-4-2-10-22(24)20-32(26)30;2*2-1-3/h1-18H,19-20H2;2*2H. The highest BCUT2D eigenvalue weighted by Gasteiger charge is 2.25. The van der Waals surface area contributed by atoms with Crippen molar-refractivity contribution in [1.82, 2.24) is 0 Å². The Bertz CT molecular complexity index is 1600. The van der Waals surface area contributed by atoms with Crippen LogP contribution in [0.1, 0.15) is 22.3 Å². The second kappa shape index (κ2) is 10.9. The summed E-state index contributed by atoms with van der Waals surface area (Å²) in [7, 11) is 0. The van der Waals surface area contributed by atoms with Gasteiger partial charge in [0.1, 0.15) is 0 Å². The van der Waals surface area contributed by atoms with E-state index in [1.807, 2.05) is 0 Å². The lowest BCUT2D eigenvalue weighted by atomic mass is 9.87. The van der Waals surface area contributed by atoms with Crippen LogP contribution in [0.2, 0.25) is 0 Å². The molecule has 0 bridgehead atoms. The van der Waals surface area contributed by atoms with Gasteiger partial charge in [0, 0.05) is 0 Å². The molecule has 2 aliphatic carbocycles. The fraction of sp³-hybridized carbons (Fsp3) is 0.0588. The molecule has 4 nitrogen and oxygen atoms in total. The van der Waals surface area contributed by atoms with Crippen LogP contribution in [-0.4, -0.2) is 12.2 Å². The Morgan fingerprint density at radius 2 is 0.658 bits per heavy atom. The molecule has 4 heteroatoms. The van der Waals surface area contributed by atoms with Crippen LogP contribution in [0.4, 0.5) is 0 Å². The molecule has 5 aromatic carbocycles. The van der Waals surface area contributed by atoms with Gasteiger partial charge < -0.3 is 0 Å². The molecule has 0 radical (unpaired) electrons. The first-order valence-electron chi connectivity index (χ1n) is 12.3. The van der Waals surface area contributed by atoms with Gasteiger partial charge in [-0.2, -0.15) is 0 Å². The highest BCUT2D eigenvalue weighted by atomic mass is 16.1. The smallest absolute Gasteiger partial charge is 0.222 e. The summed E-state index contributed by atoms with van der Waals surface area (Å²) in [5.41, 5.74) is 16.7. The summed E-state index contributed by atoms with van der Waals surface area (Å²) in [4.78, 5) is 16.7. The Hall–Kier alpha value is -5.14. The first-order valence-corrected chi connectivity index (χ1v) is 12.3. The van der Waals surface area contributed by atoms with E-state index in [9.17, 15) is 0 Å². The Balaban J connectivity index is 0.000000451. The highest BCUT2D eigenvalue weighted by Crippen LogP contribution is 2.46. The number of hydrogen-bond acceptors (Lipinski definition) is 4. The molecule has 38 heavy (non-hydrogen) atoms. The van der Waals surface area contributed by atoms with Crippen LogP contribution in [0.5, 0.6) is 0 Å². The Labute approximate surface area is 221 Å². The van der Waals surface area contributed by atoms with Crippen LogP contribution in [0.3, 0.4) is 0 Å². The third kappa shape index (κ3) is 4.31. The maximum Gasteiger partial charge on any atom is 0.231 e. The molecule has 0 fully saturated rings. The van der Waals surface area contributed by atoms with Crippen molar-refractivity contribution in [3.8, 4) is 44.5 Å². The van der Waals surface area contributed by atoms with Gasteiger partial charge in [-0.05, 0) is 79.6 Å². The fourth-order valence-corrected chi connectivity index (χ4v) is 5.77. The Morgan fingerprint density at radius 1 is 0.395 bits per heavy atom. The molecular weight excluding hydrogens is 468 g/mol. The zero-order valence-corrected chi connectivity index (χ0v) is 20.6. The van der Waals surface area contributed by atoms with Crippen LogP contribution >= 0.6 is 0 Å². The monoisotopic (exact) mass is 492 g/mol. The van der Waals surface area contributed by atoms with E-state index < -0.39 is 0 Å². The van der Waals surface area contributed by atoms with Crippen LogP contribution in [0.15, 0.2) is 109 Å². The quantitative estimate of drug-likeness (QED) is 0.190. The second-order valence-electron chi connectivity index (χ2n) is 9.08. The van der Waals surface area contributed by atoms with Crippen molar-refractivity contribution in [2.75, 3.05) is 0 Å². The first-order chi connectivity index (χ1) is 18.7. The second-order valence-corrected chi connectivity index (χ2v) is 9.08. The number of benzene rings is 5. The normalized spacial score (nSPS) is 11.2. The zero-order chi connectivity index (χ0) is 26.5. The summed E-state index contributed by atoms with van der Waals surface area (Å²) in [5, 5.41) is 10.8. The third-order valence-electron chi connectivity index (χ3n) is 7.21. The van der Waals surface area contributed by atoms with Crippen molar-refractivity contribution >= 4 is 12.2 Å². The highest BCUT2D eigenvalue weighted by molar-refractivity contribution is 5.94. The lowest BCUT2D eigenvalue weighted by molar-refractivity contribution is 0.562. The lowest BCUT2D eigenvalue weighted by Gasteiger charge is -2.16. The molecule has 0 heterocycles. The summed E-state index contributed by atoms with van der Waals surface area (Å²) in [6.45, 7) is 0. The SMILES string of the molecule is N=C=O.N=C=O.c1ccc2c(c1)Cc1c-2cccc1-c1ccccc1-c1cccc2c1Cc1ccccc1-2. The average Bonchev–Trinajstić information content (AvgIpc) is 3.52. The maximum atomic E-state index is 8.35. The maximum absolute atomic E-state index is 8.35. The summed E-state index contributed by atoms with van der Waals surface area (Å²) < 4.78 is 0. The minimum absolute atomic E-state index is 0.750. The lowest BCUT2D eigenvalue weighted by Crippen LogP contribution is -1.94. The predicted molar refractivity (Wildman–Crippen MR) is 151 cm³/mol. The molecule has 0 aromatic heterocycles. The first kappa shape index (κ1) is 24.5. The van der Waals surface area contributed by atoms with Crippen molar-refractivity contribution in [2.45, 2.75) is 12.8 Å². The Kier molecular flexibility index (Phi) is 7.02. The molecule has 182 valence electrons. The van der Waals surface area contributed by atoms with Gasteiger partial charge in [0.25, 0.3) is 0 Å². The van der Waals surface area contributed by atoms with E-state index in [-0.39, 0.29) is 0 Å². The molecule has 0 saturated carbocycles. The van der Waals surface area contributed by atoms with E-state index in [1.54, 1.807) is 0 Å². The summed E-state index contributed by atoms with van der Waals surface area (Å²) >= 11 is 0. The van der Waals surface area contributed by atoms with E-state index >= 15 is 0 Å². The molecule has 2 aliphatic rings. The number of fused-ring (bicyclic) bond motifs is 6. The van der Waals surface area contributed by atoms with Gasteiger partial charge in [0.2, 0.25) is 12.2 Å². The number of nitrogens with one attached hydrogen (secondary N) is 2. The number of hydrogen-bond donors (Lipinski definition) is 2. The van der Waals surface area contributed by atoms with Crippen molar-refractivity contribution in [2.24, 2.45) is 0 Å². The van der Waals surface area contributed by atoms with Gasteiger partial charge in [0.15, 0.2) is 0 Å². The van der Waals surface area contributed by atoms with Crippen molar-refractivity contribution in [3.63, 3.8) is 0 Å². The minimum atomic E-state index is 0.750. The molecule has 0 saturated heterocycles. The van der Waals surface area contributed by atoms with Crippen LogP contribution in [0, 0.1) is 10.8 Å². The predicted octanol–water partition coefficient (Wildman–Crippen LogP) is 7.96.